The molecule has 6 nitrogen and oxygen atoms in total. The minimum Gasteiger partial charge on any atom is -0.495 e. The predicted octanol–water partition coefficient (Wildman–Crippen LogP) is 3.23. The summed E-state index contributed by atoms with van der Waals surface area (Å²) in [5, 5.41) is 3.00. The third-order valence-electron chi connectivity index (χ3n) is 4.47. The number of hydrogen-bond acceptors (Lipinski definition) is 4. The maximum atomic E-state index is 12.8. The molecular weight excluding hydrogens is 316 g/mol. The van der Waals surface area contributed by atoms with E-state index in [0.29, 0.717) is 12.3 Å². The molecule has 3 N–H and O–H groups in total. The molecule has 2 aromatic rings. The molecule has 1 atom stereocenters. The summed E-state index contributed by atoms with van der Waals surface area (Å²) in [5.41, 5.74) is 9.47. The number of rotatable bonds is 4. The lowest BCUT2D eigenvalue weighted by molar-refractivity contribution is 0.206. The van der Waals surface area contributed by atoms with E-state index < -0.39 is 0 Å². The minimum absolute atomic E-state index is 0.00954. The van der Waals surface area contributed by atoms with Crippen molar-refractivity contribution >= 4 is 11.7 Å². The Morgan fingerprint density at radius 3 is 2.92 bits per heavy atom. The molecule has 6 heteroatoms. The third-order valence-corrected chi connectivity index (χ3v) is 4.47. The number of hydrogen-bond donors (Lipinski definition) is 2. The Bertz CT molecular complexity index is 746. The zero-order valence-corrected chi connectivity index (χ0v) is 14.7. The molecule has 1 aliphatic rings. The smallest absolute Gasteiger partial charge is 0.322 e. The van der Waals surface area contributed by atoms with Crippen LogP contribution in [0.4, 0.5) is 10.5 Å². The summed E-state index contributed by atoms with van der Waals surface area (Å²) in [6.07, 6.45) is 3.57. The second-order valence-electron chi connectivity index (χ2n) is 6.32. The Morgan fingerprint density at radius 1 is 1.40 bits per heavy atom. The zero-order chi connectivity index (χ0) is 17.8. The van der Waals surface area contributed by atoms with Crippen molar-refractivity contribution in [2.24, 2.45) is 5.73 Å². The molecule has 1 aliphatic heterocycles. The number of anilines is 1. The van der Waals surface area contributed by atoms with Crippen LogP contribution in [0.25, 0.3) is 0 Å². The number of aromatic nitrogens is 1. The molecule has 1 fully saturated rings. The minimum atomic E-state index is -0.103. The van der Waals surface area contributed by atoms with Crippen LogP contribution < -0.4 is 15.8 Å². The van der Waals surface area contributed by atoms with Crippen LogP contribution in [-0.2, 0) is 6.54 Å². The largest absolute Gasteiger partial charge is 0.495 e. The Hall–Kier alpha value is -2.60. The summed E-state index contributed by atoms with van der Waals surface area (Å²) in [5.74, 6) is 0.715. The van der Waals surface area contributed by atoms with Gasteiger partial charge in [0.25, 0.3) is 0 Å². The van der Waals surface area contributed by atoms with Gasteiger partial charge in [0.15, 0.2) is 0 Å². The first-order valence-corrected chi connectivity index (χ1v) is 8.49. The number of carbonyl (C=O) groups is 1. The van der Waals surface area contributed by atoms with Gasteiger partial charge in [-0.2, -0.15) is 0 Å². The van der Waals surface area contributed by atoms with E-state index in [-0.39, 0.29) is 12.1 Å². The molecule has 2 heterocycles. The third kappa shape index (κ3) is 3.91. The fourth-order valence-corrected chi connectivity index (χ4v) is 3.27. The number of ether oxygens (including phenoxy) is 1. The van der Waals surface area contributed by atoms with Crippen LogP contribution in [-0.4, -0.2) is 29.6 Å². The monoisotopic (exact) mass is 340 g/mol. The van der Waals surface area contributed by atoms with Crippen molar-refractivity contribution in [3.8, 4) is 5.75 Å². The number of aryl methyl sites for hydroxylation is 1. The first kappa shape index (κ1) is 17.2. The number of likely N-dealkylation sites (tertiary alicyclic amines) is 1. The van der Waals surface area contributed by atoms with Gasteiger partial charge in [0.1, 0.15) is 5.75 Å². The number of amides is 2. The number of methoxy groups -OCH3 is 1. The van der Waals surface area contributed by atoms with E-state index in [1.165, 1.54) is 0 Å². The lowest BCUT2D eigenvalue weighted by Gasteiger charge is -2.25. The molecule has 0 radical (unpaired) electrons. The zero-order valence-electron chi connectivity index (χ0n) is 14.7. The van der Waals surface area contributed by atoms with E-state index in [9.17, 15) is 4.79 Å². The average molecular weight is 340 g/mol. The standard InChI is InChI=1S/C19H24N4O2/c1-13-8-14(11-20)10-15(9-13)22-19(24)23-7-3-4-18(23)17-6-5-16(25-2)12-21-17/h5-6,8-10,12,18H,3-4,7,11,20H2,1-2H3,(H,22,24). The van der Waals surface area contributed by atoms with Gasteiger partial charge in [-0.3, -0.25) is 4.98 Å². The van der Waals surface area contributed by atoms with Gasteiger partial charge in [-0.05, 0) is 55.2 Å². The van der Waals surface area contributed by atoms with Gasteiger partial charge in [-0.25, -0.2) is 4.79 Å². The van der Waals surface area contributed by atoms with Gasteiger partial charge in [-0.15, -0.1) is 0 Å². The predicted molar refractivity (Wildman–Crippen MR) is 97.6 cm³/mol. The molecule has 3 rings (SSSR count). The summed E-state index contributed by atoms with van der Waals surface area (Å²) in [4.78, 5) is 19.1. The summed E-state index contributed by atoms with van der Waals surface area (Å²) in [6, 6.07) is 9.59. The highest BCUT2D eigenvalue weighted by Gasteiger charge is 2.31. The molecule has 1 aromatic carbocycles. The van der Waals surface area contributed by atoms with Crippen molar-refractivity contribution in [2.75, 3.05) is 19.0 Å². The molecule has 1 unspecified atom stereocenters. The van der Waals surface area contributed by atoms with Crippen LogP contribution in [0.3, 0.4) is 0 Å². The van der Waals surface area contributed by atoms with Crippen LogP contribution in [0.1, 0.15) is 35.7 Å². The van der Waals surface area contributed by atoms with Crippen LogP contribution in [0.2, 0.25) is 0 Å². The second-order valence-corrected chi connectivity index (χ2v) is 6.32. The van der Waals surface area contributed by atoms with E-state index >= 15 is 0 Å². The Morgan fingerprint density at radius 2 is 2.24 bits per heavy atom. The lowest BCUT2D eigenvalue weighted by atomic mass is 10.1. The van der Waals surface area contributed by atoms with Gasteiger partial charge < -0.3 is 20.7 Å². The average Bonchev–Trinajstić information content (AvgIpc) is 3.11. The van der Waals surface area contributed by atoms with Crippen LogP contribution >= 0.6 is 0 Å². The number of nitrogens with zero attached hydrogens (tertiary/aromatic N) is 2. The summed E-state index contributed by atoms with van der Waals surface area (Å²) >= 11 is 0. The molecule has 1 saturated heterocycles. The summed E-state index contributed by atoms with van der Waals surface area (Å²) in [7, 11) is 1.61. The fourth-order valence-electron chi connectivity index (χ4n) is 3.27. The second kappa shape index (κ2) is 7.53. The highest BCUT2D eigenvalue weighted by molar-refractivity contribution is 5.90. The van der Waals surface area contributed by atoms with Crippen LogP contribution in [0.5, 0.6) is 5.75 Å². The van der Waals surface area contributed by atoms with Crippen molar-refractivity contribution < 1.29 is 9.53 Å². The van der Waals surface area contributed by atoms with Gasteiger partial charge in [0.2, 0.25) is 0 Å². The van der Waals surface area contributed by atoms with Gasteiger partial charge >= 0.3 is 6.03 Å². The molecule has 0 saturated carbocycles. The van der Waals surface area contributed by atoms with Crippen molar-refractivity contribution in [1.29, 1.82) is 0 Å². The van der Waals surface area contributed by atoms with Crippen LogP contribution in [0, 0.1) is 6.92 Å². The van der Waals surface area contributed by atoms with E-state index in [1.54, 1.807) is 13.3 Å². The lowest BCUT2D eigenvalue weighted by Crippen LogP contribution is -2.34. The molecule has 0 spiro atoms. The van der Waals surface area contributed by atoms with Crippen molar-refractivity contribution in [3.05, 3.63) is 53.3 Å². The molecule has 0 aliphatic carbocycles. The van der Waals surface area contributed by atoms with Gasteiger partial charge in [-0.1, -0.05) is 6.07 Å². The first-order valence-electron chi connectivity index (χ1n) is 8.49. The summed E-state index contributed by atoms with van der Waals surface area (Å²) < 4.78 is 5.15. The molecule has 0 bridgehead atoms. The number of carbonyl (C=O) groups excluding carboxylic acids is 1. The molecule has 1 aromatic heterocycles. The molecule has 25 heavy (non-hydrogen) atoms. The Balaban J connectivity index is 1.75. The summed E-state index contributed by atoms with van der Waals surface area (Å²) in [6.45, 7) is 3.17. The quantitative estimate of drug-likeness (QED) is 0.895. The van der Waals surface area contributed by atoms with E-state index in [1.807, 2.05) is 42.2 Å². The molecule has 132 valence electrons. The van der Waals surface area contributed by atoms with Crippen molar-refractivity contribution in [2.45, 2.75) is 32.4 Å². The van der Waals surface area contributed by atoms with Crippen LogP contribution in [0.15, 0.2) is 36.5 Å². The Kier molecular flexibility index (Phi) is 5.19. The SMILES string of the molecule is COc1ccc(C2CCCN2C(=O)Nc2cc(C)cc(CN)c2)nc1. The van der Waals surface area contributed by atoms with E-state index in [2.05, 4.69) is 10.3 Å². The van der Waals surface area contributed by atoms with E-state index in [0.717, 1.165) is 41.9 Å². The highest BCUT2D eigenvalue weighted by Crippen LogP contribution is 2.32. The number of urea groups is 1. The topological polar surface area (TPSA) is 80.5 Å². The number of nitrogens with one attached hydrogen (secondary N) is 1. The molecule has 2 amide bonds. The normalized spacial score (nSPS) is 16.8. The van der Waals surface area contributed by atoms with Gasteiger partial charge in [0, 0.05) is 18.8 Å². The number of pyridine rings is 1. The van der Waals surface area contributed by atoms with E-state index in [4.69, 9.17) is 10.5 Å². The maximum absolute atomic E-state index is 12.8. The fraction of sp³-hybridized carbons (Fsp3) is 0.368. The van der Waals surface area contributed by atoms with Crippen molar-refractivity contribution in [3.63, 3.8) is 0 Å². The highest BCUT2D eigenvalue weighted by atomic mass is 16.5. The molecular formula is C19H24N4O2. The Labute approximate surface area is 148 Å². The van der Waals surface area contributed by atoms with Crippen molar-refractivity contribution in [1.82, 2.24) is 9.88 Å². The first-order chi connectivity index (χ1) is 12.1. The van der Waals surface area contributed by atoms with Gasteiger partial charge in [0.05, 0.1) is 25.0 Å². The number of benzene rings is 1. The maximum Gasteiger partial charge on any atom is 0.322 e. The number of nitrogens with two attached hydrogens (primary N) is 1.